The molecule has 0 radical (unpaired) electrons. The Bertz CT molecular complexity index is 634. The van der Waals surface area contributed by atoms with Crippen molar-refractivity contribution in [1.29, 1.82) is 0 Å². The van der Waals surface area contributed by atoms with E-state index in [0.717, 1.165) is 22.3 Å². The maximum Gasteiger partial charge on any atom is 0.317 e. The predicted octanol–water partition coefficient (Wildman–Crippen LogP) is 1.86. The van der Waals surface area contributed by atoms with E-state index in [-0.39, 0.29) is 12.3 Å². The number of aromatic nitrogens is 3. The molecule has 2 aromatic rings. The predicted molar refractivity (Wildman–Crippen MR) is 70.5 cm³/mol. The van der Waals surface area contributed by atoms with Crippen LogP contribution in [-0.4, -0.2) is 32.7 Å². The van der Waals surface area contributed by atoms with E-state index in [1.807, 2.05) is 31.7 Å². The molecule has 102 valence electrons. The summed E-state index contributed by atoms with van der Waals surface area (Å²) in [5.41, 5.74) is 3.40. The monoisotopic (exact) mass is 263 g/mol. The number of ether oxygens (including phenoxy) is 1. The van der Waals surface area contributed by atoms with Gasteiger partial charge in [0.1, 0.15) is 0 Å². The minimum absolute atomic E-state index is 0.0739. The molecule has 6 nitrogen and oxygen atoms in total. The molecule has 2 rings (SSSR count). The standard InChI is InChI=1S/C13H17N3O3/c1-7(5-10(17)18)9-6-16(3)12-8(2)14-13(19-4)15-11(9)12/h6-7H,5H2,1-4H3,(H,17,18). The number of aryl methyl sites for hydroxylation is 2. The largest absolute Gasteiger partial charge is 0.481 e. The van der Waals surface area contributed by atoms with E-state index in [1.54, 1.807) is 0 Å². The molecule has 1 unspecified atom stereocenters. The highest BCUT2D eigenvalue weighted by Crippen LogP contribution is 2.30. The number of rotatable bonds is 4. The molecule has 0 spiro atoms. The number of carbonyl (C=O) groups is 1. The van der Waals surface area contributed by atoms with Gasteiger partial charge in [-0.1, -0.05) is 6.92 Å². The molecule has 0 amide bonds. The zero-order chi connectivity index (χ0) is 14.2. The van der Waals surface area contributed by atoms with Gasteiger partial charge in [0.15, 0.2) is 0 Å². The summed E-state index contributed by atoms with van der Waals surface area (Å²) in [5.74, 6) is -0.928. The first kappa shape index (κ1) is 13.3. The highest BCUT2D eigenvalue weighted by atomic mass is 16.5. The smallest absolute Gasteiger partial charge is 0.317 e. The zero-order valence-electron chi connectivity index (χ0n) is 11.5. The van der Waals surface area contributed by atoms with Gasteiger partial charge in [0, 0.05) is 13.2 Å². The van der Waals surface area contributed by atoms with E-state index in [9.17, 15) is 4.79 Å². The summed E-state index contributed by atoms with van der Waals surface area (Å²) in [5, 5.41) is 8.92. The number of methoxy groups -OCH3 is 1. The third-order valence-electron chi connectivity index (χ3n) is 3.19. The minimum Gasteiger partial charge on any atom is -0.481 e. The van der Waals surface area contributed by atoms with Crippen LogP contribution in [-0.2, 0) is 11.8 Å². The quantitative estimate of drug-likeness (QED) is 0.911. The molecule has 0 fully saturated rings. The maximum absolute atomic E-state index is 10.9. The average molecular weight is 263 g/mol. The van der Waals surface area contributed by atoms with Crippen LogP contribution >= 0.6 is 0 Å². The third kappa shape index (κ3) is 2.38. The van der Waals surface area contributed by atoms with Crippen molar-refractivity contribution in [1.82, 2.24) is 14.5 Å². The highest BCUT2D eigenvalue weighted by Gasteiger charge is 2.19. The summed E-state index contributed by atoms with van der Waals surface area (Å²) in [6.07, 6.45) is 1.99. The molecule has 6 heteroatoms. The summed E-state index contributed by atoms with van der Waals surface area (Å²) in [4.78, 5) is 19.5. The Morgan fingerprint density at radius 2 is 2.21 bits per heavy atom. The van der Waals surface area contributed by atoms with Crippen LogP contribution in [0.4, 0.5) is 0 Å². The first-order valence-corrected chi connectivity index (χ1v) is 6.03. The molecule has 0 bridgehead atoms. The van der Waals surface area contributed by atoms with Crippen LogP contribution in [0.1, 0.15) is 30.5 Å². The lowest BCUT2D eigenvalue weighted by atomic mass is 10.00. The van der Waals surface area contributed by atoms with Crippen molar-refractivity contribution in [3.05, 3.63) is 17.5 Å². The van der Waals surface area contributed by atoms with Gasteiger partial charge in [-0.05, 0) is 18.4 Å². The van der Waals surface area contributed by atoms with Gasteiger partial charge < -0.3 is 14.4 Å². The second kappa shape index (κ2) is 4.87. The fourth-order valence-electron chi connectivity index (χ4n) is 2.32. The Morgan fingerprint density at radius 1 is 1.53 bits per heavy atom. The molecule has 19 heavy (non-hydrogen) atoms. The lowest BCUT2D eigenvalue weighted by Crippen LogP contribution is -2.03. The van der Waals surface area contributed by atoms with Crippen LogP contribution in [0.5, 0.6) is 6.01 Å². The van der Waals surface area contributed by atoms with Gasteiger partial charge in [0.2, 0.25) is 0 Å². The summed E-state index contributed by atoms with van der Waals surface area (Å²) in [6, 6.07) is 0.306. The summed E-state index contributed by atoms with van der Waals surface area (Å²) in [6.45, 7) is 3.77. The van der Waals surface area contributed by atoms with Gasteiger partial charge in [-0.2, -0.15) is 9.97 Å². The lowest BCUT2D eigenvalue weighted by molar-refractivity contribution is -0.137. The van der Waals surface area contributed by atoms with Crippen molar-refractivity contribution in [3.63, 3.8) is 0 Å². The topological polar surface area (TPSA) is 77.2 Å². The fourth-order valence-corrected chi connectivity index (χ4v) is 2.32. The molecule has 0 aliphatic heterocycles. The number of carboxylic acids is 1. The number of hydrogen-bond donors (Lipinski definition) is 1. The van der Waals surface area contributed by atoms with E-state index in [2.05, 4.69) is 9.97 Å². The highest BCUT2D eigenvalue weighted by molar-refractivity contribution is 5.83. The van der Waals surface area contributed by atoms with Gasteiger partial charge in [-0.3, -0.25) is 4.79 Å². The Balaban J connectivity index is 2.62. The number of nitrogens with zero attached hydrogens (tertiary/aromatic N) is 3. The fraction of sp³-hybridized carbons (Fsp3) is 0.462. The number of hydrogen-bond acceptors (Lipinski definition) is 4. The van der Waals surface area contributed by atoms with Crippen molar-refractivity contribution in [3.8, 4) is 6.01 Å². The SMILES string of the molecule is COc1nc(C)c2c(n1)c(C(C)CC(=O)O)cn2C. The number of fused-ring (bicyclic) bond motifs is 1. The summed E-state index contributed by atoms with van der Waals surface area (Å²) < 4.78 is 7.01. The first-order valence-electron chi connectivity index (χ1n) is 6.03. The Labute approximate surface area is 111 Å². The van der Waals surface area contributed by atoms with E-state index >= 15 is 0 Å². The van der Waals surface area contributed by atoms with E-state index in [4.69, 9.17) is 9.84 Å². The first-order chi connectivity index (χ1) is 8.93. The van der Waals surface area contributed by atoms with Crippen molar-refractivity contribution in [2.24, 2.45) is 7.05 Å². The lowest BCUT2D eigenvalue weighted by Gasteiger charge is -2.07. The van der Waals surface area contributed by atoms with Gasteiger partial charge in [-0.25, -0.2) is 0 Å². The molecule has 0 saturated carbocycles. The van der Waals surface area contributed by atoms with Crippen LogP contribution in [0.2, 0.25) is 0 Å². The molecule has 2 aromatic heterocycles. The van der Waals surface area contributed by atoms with Crippen molar-refractivity contribution >= 4 is 17.0 Å². The van der Waals surface area contributed by atoms with E-state index in [1.165, 1.54) is 7.11 Å². The molecule has 0 aliphatic carbocycles. The summed E-state index contributed by atoms with van der Waals surface area (Å²) >= 11 is 0. The minimum atomic E-state index is -0.817. The Morgan fingerprint density at radius 3 is 2.79 bits per heavy atom. The average Bonchev–Trinajstić information content (AvgIpc) is 2.66. The Hall–Kier alpha value is -2.11. The number of carboxylic acid groups (broad SMARTS) is 1. The molecular formula is C13H17N3O3. The summed E-state index contributed by atoms with van der Waals surface area (Å²) in [7, 11) is 3.42. The van der Waals surface area contributed by atoms with E-state index < -0.39 is 5.97 Å². The zero-order valence-corrected chi connectivity index (χ0v) is 11.5. The second-order valence-corrected chi connectivity index (χ2v) is 4.69. The normalized spacial score (nSPS) is 12.6. The van der Waals surface area contributed by atoms with Crippen molar-refractivity contribution < 1.29 is 14.6 Å². The van der Waals surface area contributed by atoms with Gasteiger partial charge in [0.25, 0.3) is 0 Å². The molecule has 0 aliphatic rings. The maximum atomic E-state index is 10.9. The van der Waals surface area contributed by atoms with Crippen LogP contribution in [0.15, 0.2) is 6.20 Å². The van der Waals surface area contributed by atoms with Crippen LogP contribution in [0, 0.1) is 6.92 Å². The second-order valence-electron chi connectivity index (χ2n) is 4.69. The third-order valence-corrected chi connectivity index (χ3v) is 3.19. The van der Waals surface area contributed by atoms with Crippen LogP contribution in [0.3, 0.4) is 0 Å². The molecular weight excluding hydrogens is 246 g/mol. The molecule has 1 N–H and O–H groups in total. The Kier molecular flexibility index (Phi) is 3.42. The van der Waals surface area contributed by atoms with Crippen LogP contribution < -0.4 is 4.74 Å². The van der Waals surface area contributed by atoms with Crippen LogP contribution in [0.25, 0.3) is 11.0 Å². The van der Waals surface area contributed by atoms with E-state index in [0.29, 0.717) is 6.01 Å². The van der Waals surface area contributed by atoms with Gasteiger partial charge in [0.05, 0.1) is 30.3 Å². The molecule has 0 aromatic carbocycles. The molecule has 2 heterocycles. The van der Waals surface area contributed by atoms with Crippen molar-refractivity contribution in [2.45, 2.75) is 26.2 Å². The van der Waals surface area contributed by atoms with Gasteiger partial charge in [-0.15, -0.1) is 0 Å². The molecule has 0 saturated heterocycles. The van der Waals surface area contributed by atoms with Crippen molar-refractivity contribution in [2.75, 3.05) is 7.11 Å². The molecule has 1 atom stereocenters. The van der Waals surface area contributed by atoms with Gasteiger partial charge >= 0.3 is 12.0 Å². The number of aliphatic carboxylic acids is 1.